The molecule has 0 bridgehead atoms. The first-order chi connectivity index (χ1) is 23.1. The molecule has 3 aromatic rings. The predicted octanol–water partition coefficient (Wildman–Crippen LogP) is 7.60. The van der Waals surface area contributed by atoms with Crippen molar-refractivity contribution in [1.29, 1.82) is 0 Å². The number of carbonyl (C=O) groups is 1. The Balaban J connectivity index is 1.15. The molecule has 0 spiro atoms. The number of ether oxygens (including phenoxy) is 3. The van der Waals surface area contributed by atoms with E-state index in [1.165, 1.54) is 11.1 Å². The highest BCUT2D eigenvalue weighted by Crippen LogP contribution is 2.41. The smallest absolute Gasteiger partial charge is 0.320 e. The fraction of sp³-hybridized carbons (Fsp3) is 0.513. The number of halogens is 2. The molecule has 1 N–H and O–H groups in total. The molecule has 7 nitrogen and oxygen atoms in total. The summed E-state index contributed by atoms with van der Waals surface area (Å²) >= 11 is 0. The molecule has 6 rings (SSSR count). The van der Waals surface area contributed by atoms with Crippen LogP contribution in [0.3, 0.4) is 0 Å². The van der Waals surface area contributed by atoms with E-state index < -0.39 is 17.9 Å². The molecule has 1 unspecified atom stereocenters. The minimum atomic E-state index is -2.57. The molecule has 258 valence electrons. The number of benzene rings is 3. The zero-order valence-electron chi connectivity index (χ0n) is 28.5. The Hall–Kier alpha value is -3.69. The zero-order valence-corrected chi connectivity index (χ0v) is 28.5. The van der Waals surface area contributed by atoms with Gasteiger partial charge in [-0.2, -0.15) is 0 Å². The largest absolute Gasteiger partial charge is 0.496 e. The van der Waals surface area contributed by atoms with Gasteiger partial charge in [0.05, 0.1) is 20.3 Å². The van der Waals surface area contributed by atoms with Crippen molar-refractivity contribution in [2.24, 2.45) is 0 Å². The first-order valence-electron chi connectivity index (χ1n) is 17.4. The van der Waals surface area contributed by atoms with E-state index >= 15 is 0 Å². The van der Waals surface area contributed by atoms with Crippen LogP contribution in [-0.2, 0) is 30.8 Å². The minimum absolute atomic E-state index is 0.0590. The molecule has 2 saturated heterocycles. The lowest BCUT2D eigenvalue weighted by atomic mass is 9.93. The number of nitrogens with zero attached hydrogens (tertiary/aromatic N) is 2. The van der Waals surface area contributed by atoms with E-state index in [0.29, 0.717) is 45.7 Å². The number of fused-ring (bicyclic) bond motifs is 1. The van der Waals surface area contributed by atoms with Crippen LogP contribution >= 0.6 is 0 Å². The van der Waals surface area contributed by atoms with Gasteiger partial charge in [0.15, 0.2) is 0 Å². The predicted molar refractivity (Wildman–Crippen MR) is 183 cm³/mol. The van der Waals surface area contributed by atoms with Gasteiger partial charge in [-0.25, -0.2) is 8.78 Å². The molecular weight excluding hydrogens is 614 g/mol. The Labute approximate surface area is 282 Å². The third kappa shape index (κ3) is 7.47. The quantitative estimate of drug-likeness (QED) is 0.189. The lowest BCUT2D eigenvalue weighted by Gasteiger charge is -2.34. The molecule has 9 heteroatoms. The van der Waals surface area contributed by atoms with Crippen LogP contribution in [0, 0.1) is 13.8 Å². The summed E-state index contributed by atoms with van der Waals surface area (Å²) in [5.74, 6) is -0.908. The third-order valence-corrected chi connectivity index (χ3v) is 10.4. The van der Waals surface area contributed by atoms with Gasteiger partial charge < -0.3 is 19.3 Å². The monoisotopic (exact) mass is 662 g/mol. The number of aliphatic carboxylic acids is 1. The molecule has 1 aliphatic carbocycles. The van der Waals surface area contributed by atoms with Gasteiger partial charge in [-0.05, 0) is 104 Å². The molecule has 0 aromatic heterocycles. The summed E-state index contributed by atoms with van der Waals surface area (Å²) in [6.45, 7) is 7.31. The van der Waals surface area contributed by atoms with Gasteiger partial charge in [-0.1, -0.05) is 36.8 Å². The number of hydrogen-bond donors (Lipinski definition) is 1. The highest BCUT2D eigenvalue weighted by Gasteiger charge is 2.37. The maximum absolute atomic E-state index is 13.5. The van der Waals surface area contributed by atoms with Gasteiger partial charge in [-0.3, -0.25) is 14.6 Å². The average molecular weight is 663 g/mol. The van der Waals surface area contributed by atoms with Crippen LogP contribution < -0.4 is 14.2 Å². The number of methoxy groups -OCH3 is 1. The standard InChI is InChI=1S/C39H48F2N2O5/c1-26-28(10-6-11-29(26)30-12-8-16-35(27(30)2)47-21-9-18-42-20-17-39(40,41)25-42)24-48-37-22-36(46-3)33(31-13-7-14-32(31)37)23-43-19-5-4-15-34(43)38(44)45/h6,8,10-12,16,22,34H,4-5,7,9,13-15,17-21,23-25H2,1-3H3,(H,44,45). The highest BCUT2D eigenvalue weighted by molar-refractivity contribution is 5.74. The van der Waals surface area contributed by atoms with Crippen LogP contribution in [0.15, 0.2) is 42.5 Å². The van der Waals surface area contributed by atoms with E-state index in [0.717, 1.165) is 89.3 Å². The van der Waals surface area contributed by atoms with Crippen molar-refractivity contribution in [3.05, 3.63) is 75.8 Å². The summed E-state index contributed by atoms with van der Waals surface area (Å²) < 4.78 is 45.6. The van der Waals surface area contributed by atoms with Gasteiger partial charge in [0.1, 0.15) is 29.9 Å². The van der Waals surface area contributed by atoms with Crippen LogP contribution in [0.25, 0.3) is 11.1 Å². The van der Waals surface area contributed by atoms with Crippen molar-refractivity contribution in [3.63, 3.8) is 0 Å². The van der Waals surface area contributed by atoms with E-state index in [-0.39, 0.29) is 13.0 Å². The van der Waals surface area contributed by atoms with Gasteiger partial charge in [-0.15, -0.1) is 0 Å². The Morgan fingerprint density at radius 3 is 2.46 bits per heavy atom. The SMILES string of the molecule is COc1cc(OCc2cccc(-c3cccc(OCCCN4CCC(F)(F)C4)c3C)c2C)c2c(c1CN1CCCCC1C(=O)O)CCC2. The van der Waals surface area contributed by atoms with Crippen LogP contribution in [0.2, 0.25) is 0 Å². The number of hydrogen-bond acceptors (Lipinski definition) is 6. The first kappa shape index (κ1) is 34.2. The Kier molecular flexibility index (Phi) is 10.6. The molecule has 2 aliphatic heterocycles. The minimum Gasteiger partial charge on any atom is -0.496 e. The van der Waals surface area contributed by atoms with Crippen molar-refractivity contribution in [1.82, 2.24) is 9.80 Å². The molecule has 1 atom stereocenters. The van der Waals surface area contributed by atoms with Gasteiger partial charge in [0, 0.05) is 37.7 Å². The van der Waals surface area contributed by atoms with Crippen molar-refractivity contribution in [2.45, 2.75) is 90.3 Å². The van der Waals surface area contributed by atoms with E-state index in [1.807, 2.05) is 23.1 Å². The Morgan fingerprint density at radius 1 is 0.938 bits per heavy atom. The fourth-order valence-electron chi connectivity index (χ4n) is 7.76. The lowest BCUT2D eigenvalue weighted by Crippen LogP contribution is -2.44. The maximum atomic E-state index is 13.5. The number of carboxylic acid groups (broad SMARTS) is 1. The summed E-state index contributed by atoms with van der Waals surface area (Å²) in [4.78, 5) is 15.9. The summed E-state index contributed by atoms with van der Waals surface area (Å²) in [5, 5.41) is 9.84. The van der Waals surface area contributed by atoms with Gasteiger partial charge in [0.25, 0.3) is 5.92 Å². The molecular formula is C39H48F2N2O5. The van der Waals surface area contributed by atoms with Crippen LogP contribution in [0.1, 0.15) is 71.9 Å². The fourth-order valence-corrected chi connectivity index (χ4v) is 7.76. The number of likely N-dealkylation sites (tertiary alicyclic amines) is 2. The molecule has 3 aromatic carbocycles. The number of rotatable bonds is 13. The second kappa shape index (κ2) is 14.8. The summed E-state index contributed by atoms with van der Waals surface area (Å²) in [7, 11) is 1.68. The van der Waals surface area contributed by atoms with Crippen LogP contribution in [0.5, 0.6) is 17.2 Å². The van der Waals surface area contributed by atoms with Crippen molar-refractivity contribution >= 4 is 5.97 Å². The third-order valence-electron chi connectivity index (χ3n) is 10.4. The van der Waals surface area contributed by atoms with Crippen molar-refractivity contribution < 1.29 is 32.9 Å². The second-order valence-corrected chi connectivity index (χ2v) is 13.6. The number of alkyl halides is 2. The second-order valence-electron chi connectivity index (χ2n) is 13.6. The summed E-state index contributed by atoms with van der Waals surface area (Å²) in [6, 6.07) is 13.9. The topological polar surface area (TPSA) is 71.5 Å². The average Bonchev–Trinajstić information content (AvgIpc) is 3.70. The van der Waals surface area contributed by atoms with E-state index in [9.17, 15) is 18.7 Å². The first-order valence-corrected chi connectivity index (χ1v) is 17.4. The summed E-state index contributed by atoms with van der Waals surface area (Å²) in [6.07, 6.45) is 6.18. The molecule has 2 fully saturated rings. The molecule has 48 heavy (non-hydrogen) atoms. The Bertz CT molecular complexity index is 1630. The number of piperidine rings is 1. The zero-order chi connectivity index (χ0) is 33.8. The molecule has 3 aliphatic rings. The van der Waals surface area contributed by atoms with Crippen molar-refractivity contribution in [3.8, 4) is 28.4 Å². The maximum Gasteiger partial charge on any atom is 0.320 e. The highest BCUT2D eigenvalue weighted by atomic mass is 19.3. The number of carboxylic acids is 1. The van der Waals surface area contributed by atoms with Crippen molar-refractivity contribution in [2.75, 3.05) is 39.9 Å². The lowest BCUT2D eigenvalue weighted by molar-refractivity contribution is -0.144. The molecule has 0 amide bonds. The molecule has 2 heterocycles. The van der Waals surface area contributed by atoms with Crippen LogP contribution in [-0.4, -0.2) is 72.7 Å². The Morgan fingerprint density at radius 2 is 1.71 bits per heavy atom. The molecule has 0 saturated carbocycles. The van der Waals surface area contributed by atoms with Gasteiger partial charge in [0.2, 0.25) is 0 Å². The van der Waals surface area contributed by atoms with E-state index in [1.54, 1.807) is 7.11 Å². The van der Waals surface area contributed by atoms with Gasteiger partial charge >= 0.3 is 5.97 Å². The van der Waals surface area contributed by atoms with Crippen LogP contribution in [0.4, 0.5) is 8.78 Å². The normalized spacial score (nSPS) is 19.3. The van der Waals surface area contributed by atoms with E-state index in [4.69, 9.17) is 14.2 Å². The molecule has 0 radical (unpaired) electrons. The van der Waals surface area contributed by atoms with E-state index in [2.05, 4.69) is 43.0 Å². The summed E-state index contributed by atoms with van der Waals surface area (Å²) in [5.41, 5.74) is 9.03.